The number of carboxylic acid groups (broad SMARTS) is 1. The quantitative estimate of drug-likeness (QED) is 0.897. The van der Waals surface area contributed by atoms with E-state index in [9.17, 15) is 9.90 Å². The van der Waals surface area contributed by atoms with Crippen LogP contribution in [-0.2, 0) is 4.79 Å². The second-order valence-electron chi connectivity index (χ2n) is 6.13. The Kier molecular flexibility index (Phi) is 3.53. The van der Waals surface area contributed by atoms with Gasteiger partial charge in [0.2, 0.25) is 0 Å². The lowest BCUT2D eigenvalue weighted by Gasteiger charge is -2.49. The molecule has 1 fully saturated rings. The fraction of sp³-hybridized carbons (Fsp3) is 0.562. The van der Waals surface area contributed by atoms with Gasteiger partial charge in [0.25, 0.3) is 0 Å². The molecule has 0 aromatic heterocycles. The highest BCUT2D eigenvalue weighted by atomic mass is 16.5. The molecule has 0 amide bonds. The summed E-state index contributed by atoms with van der Waals surface area (Å²) in [6.07, 6.45) is 0.998. The van der Waals surface area contributed by atoms with Crippen LogP contribution >= 0.6 is 0 Å². The third-order valence-electron chi connectivity index (χ3n) is 4.97. The lowest BCUT2D eigenvalue weighted by molar-refractivity contribution is -0.141. The lowest BCUT2D eigenvalue weighted by atomic mass is 9.73. The van der Waals surface area contributed by atoms with Crippen molar-refractivity contribution in [1.29, 1.82) is 0 Å². The Hall–Kier alpha value is -1.75. The summed E-state index contributed by atoms with van der Waals surface area (Å²) >= 11 is 0. The van der Waals surface area contributed by atoms with Crippen molar-refractivity contribution in [1.82, 2.24) is 4.90 Å². The number of piperidine rings is 1. The summed E-state index contributed by atoms with van der Waals surface area (Å²) in [5.41, 5.74) is 1.90. The number of hydrogen-bond donors (Lipinski definition) is 1. The zero-order valence-electron chi connectivity index (χ0n) is 12.7. The standard InChI is InChI=1S/C16H22N2O3/c1-17-7-6-13-12(9-17)15(16(19)20)11-5-4-10(21-3)8-14(11)18(13)2/h4-5,8,12-13,15H,6-7,9H2,1-3H3,(H,19,20). The second kappa shape index (κ2) is 5.22. The first-order valence-corrected chi connectivity index (χ1v) is 7.35. The van der Waals surface area contributed by atoms with Gasteiger partial charge in [-0.15, -0.1) is 0 Å². The van der Waals surface area contributed by atoms with E-state index >= 15 is 0 Å². The summed E-state index contributed by atoms with van der Waals surface area (Å²) in [5.74, 6) is -0.252. The molecule has 2 aliphatic heterocycles. The van der Waals surface area contributed by atoms with Crippen molar-refractivity contribution in [2.45, 2.75) is 18.4 Å². The molecule has 0 aliphatic carbocycles. The van der Waals surface area contributed by atoms with Crippen molar-refractivity contribution in [3.8, 4) is 5.75 Å². The van der Waals surface area contributed by atoms with Crippen LogP contribution < -0.4 is 9.64 Å². The van der Waals surface area contributed by atoms with Crippen LogP contribution in [0.3, 0.4) is 0 Å². The van der Waals surface area contributed by atoms with E-state index < -0.39 is 11.9 Å². The lowest BCUT2D eigenvalue weighted by Crippen LogP contribution is -2.55. The average Bonchev–Trinajstić information content (AvgIpc) is 2.46. The number of anilines is 1. The van der Waals surface area contributed by atoms with E-state index in [4.69, 9.17) is 4.74 Å². The largest absolute Gasteiger partial charge is 0.497 e. The molecule has 5 nitrogen and oxygen atoms in total. The van der Waals surface area contributed by atoms with Gasteiger partial charge in [0.05, 0.1) is 13.0 Å². The first kappa shape index (κ1) is 14.2. The molecule has 2 heterocycles. The van der Waals surface area contributed by atoms with Gasteiger partial charge in [0.15, 0.2) is 0 Å². The summed E-state index contributed by atoms with van der Waals surface area (Å²) in [7, 11) is 5.77. The van der Waals surface area contributed by atoms with Crippen LogP contribution in [0.5, 0.6) is 5.75 Å². The SMILES string of the molecule is COc1ccc2c(c1)N(C)C1CCN(C)CC1C2C(=O)O. The minimum absolute atomic E-state index is 0.132. The van der Waals surface area contributed by atoms with Crippen LogP contribution in [0.2, 0.25) is 0 Å². The maximum absolute atomic E-state index is 11.9. The summed E-state index contributed by atoms with van der Waals surface area (Å²) in [6, 6.07) is 6.01. The molecule has 2 aliphatic rings. The first-order valence-electron chi connectivity index (χ1n) is 7.35. The van der Waals surface area contributed by atoms with Crippen molar-refractivity contribution in [2.24, 2.45) is 5.92 Å². The number of likely N-dealkylation sites (tertiary alicyclic amines) is 1. The number of ether oxygens (including phenoxy) is 1. The Bertz CT molecular complexity index is 560. The van der Waals surface area contributed by atoms with Gasteiger partial charge in [-0.05, 0) is 31.6 Å². The molecule has 5 heteroatoms. The predicted molar refractivity (Wildman–Crippen MR) is 81.2 cm³/mol. The number of rotatable bonds is 2. The molecule has 1 N–H and O–H groups in total. The van der Waals surface area contributed by atoms with Gasteiger partial charge >= 0.3 is 5.97 Å². The monoisotopic (exact) mass is 290 g/mol. The zero-order chi connectivity index (χ0) is 15.1. The first-order chi connectivity index (χ1) is 10.0. The van der Waals surface area contributed by atoms with Crippen LogP contribution in [0.15, 0.2) is 18.2 Å². The second-order valence-corrected chi connectivity index (χ2v) is 6.13. The molecule has 0 bridgehead atoms. The third kappa shape index (κ3) is 2.25. The number of hydrogen-bond acceptors (Lipinski definition) is 4. The van der Waals surface area contributed by atoms with Crippen LogP contribution in [0.1, 0.15) is 17.9 Å². The molecule has 0 saturated carbocycles. The van der Waals surface area contributed by atoms with Crippen molar-refractivity contribution in [3.05, 3.63) is 23.8 Å². The Morgan fingerprint density at radius 3 is 2.81 bits per heavy atom. The summed E-state index contributed by atoms with van der Waals surface area (Å²) in [5, 5.41) is 9.75. The maximum Gasteiger partial charge on any atom is 0.311 e. The van der Waals surface area contributed by atoms with E-state index in [2.05, 4.69) is 23.9 Å². The highest BCUT2D eigenvalue weighted by Gasteiger charge is 2.45. The van der Waals surface area contributed by atoms with Gasteiger partial charge in [-0.1, -0.05) is 6.07 Å². The molecule has 21 heavy (non-hydrogen) atoms. The number of nitrogens with zero attached hydrogens (tertiary/aromatic N) is 2. The van der Waals surface area contributed by atoms with Gasteiger partial charge in [0.1, 0.15) is 5.75 Å². The van der Waals surface area contributed by atoms with E-state index in [1.165, 1.54) is 0 Å². The van der Waals surface area contributed by atoms with Crippen LogP contribution in [0.4, 0.5) is 5.69 Å². The molecule has 0 spiro atoms. The molecule has 3 unspecified atom stereocenters. The molecule has 0 radical (unpaired) electrons. The van der Waals surface area contributed by atoms with Crippen molar-refractivity contribution >= 4 is 11.7 Å². The number of carbonyl (C=O) groups is 1. The predicted octanol–water partition coefficient (Wildman–Crippen LogP) is 1.63. The third-order valence-corrected chi connectivity index (χ3v) is 4.97. The molecule has 1 aromatic rings. The Labute approximate surface area is 125 Å². The van der Waals surface area contributed by atoms with E-state index in [1.54, 1.807) is 7.11 Å². The smallest absolute Gasteiger partial charge is 0.311 e. The van der Waals surface area contributed by atoms with Crippen molar-refractivity contribution < 1.29 is 14.6 Å². The highest BCUT2D eigenvalue weighted by molar-refractivity contribution is 5.81. The van der Waals surface area contributed by atoms with E-state index in [0.717, 1.165) is 36.5 Å². The summed E-state index contributed by atoms with van der Waals surface area (Å²) in [4.78, 5) is 16.4. The molecular weight excluding hydrogens is 268 g/mol. The minimum Gasteiger partial charge on any atom is -0.497 e. The molecule has 1 aromatic carbocycles. The van der Waals surface area contributed by atoms with E-state index in [-0.39, 0.29) is 12.0 Å². The van der Waals surface area contributed by atoms with Crippen LogP contribution in [0, 0.1) is 5.92 Å². The van der Waals surface area contributed by atoms with E-state index in [1.807, 2.05) is 18.2 Å². The number of methoxy groups -OCH3 is 1. The fourth-order valence-corrected chi connectivity index (χ4v) is 3.89. The fourth-order valence-electron chi connectivity index (χ4n) is 3.89. The molecular formula is C16H22N2O3. The molecule has 3 rings (SSSR count). The van der Waals surface area contributed by atoms with E-state index in [0.29, 0.717) is 0 Å². The number of fused-ring (bicyclic) bond motifs is 2. The Morgan fingerprint density at radius 2 is 2.14 bits per heavy atom. The van der Waals surface area contributed by atoms with Crippen molar-refractivity contribution in [3.63, 3.8) is 0 Å². The van der Waals surface area contributed by atoms with Gasteiger partial charge in [-0.3, -0.25) is 4.79 Å². The molecule has 3 atom stereocenters. The van der Waals surface area contributed by atoms with Gasteiger partial charge < -0.3 is 19.6 Å². The zero-order valence-corrected chi connectivity index (χ0v) is 12.7. The minimum atomic E-state index is -0.722. The van der Waals surface area contributed by atoms with Crippen LogP contribution in [0.25, 0.3) is 0 Å². The number of carboxylic acids is 1. The van der Waals surface area contributed by atoms with Crippen LogP contribution in [-0.4, -0.2) is 56.3 Å². The Balaban J connectivity index is 2.09. The number of aliphatic carboxylic acids is 1. The molecule has 114 valence electrons. The summed E-state index contributed by atoms with van der Waals surface area (Å²) in [6.45, 7) is 1.84. The summed E-state index contributed by atoms with van der Waals surface area (Å²) < 4.78 is 5.30. The van der Waals surface area contributed by atoms with Gasteiger partial charge in [0, 0.05) is 37.3 Å². The van der Waals surface area contributed by atoms with Crippen molar-refractivity contribution in [2.75, 3.05) is 39.2 Å². The highest BCUT2D eigenvalue weighted by Crippen LogP contribution is 2.45. The Morgan fingerprint density at radius 1 is 1.38 bits per heavy atom. The topological polar surface area (TPSA) is 53.0 Å². The van der Waals surface area contributed by atoms with Gasteiger partial charge in [-0.25, -0.2) is 0 Å². The normalized spacial score (nSPS) is 28.7. The number of benzene rings is 1. The van der Waals surface area contributed by atoms with Gasteiger partial charge in [-0.2, -0.15) is 0 Å². The maximum atomic E-state index is 11.9. The average molecular weight is 290 g/mol. The molecule has 1 saturated heterocycles.